The maximum absolute atomic E-state index is 14.1. The molecule has 7 heteroatoms. The van der Waals surface area contributed by atoms with Crippen molar-refractivity contribution < 1.29 is 10.0 Å². The second-order valence-corrected chi connectivity index (χ2v) is 9.76. The van der Waals surface area contributed by atoms with Gasteiger partial charge in [-0.05, 0) is 60.4 Å². The van der Waals surface area contributed by atoms with Crippen molar-refractivity contribution in [2.24, 2.45) is 15.6 Å². The summed E-state index contributed by atoms with van der Waals surface area (Å²) in [5.74, 6) is -0.458. The fourth-order valence-corrected chi connectivity index (χ4v) is 6.22. The first kappa shape index (κ1) is 21.3. The van der Waals surface area contributed by atoms with Gasteiger partial charge in [0.25, 0.3) is 0 Å². The van der Waals surface area contributed by atoms with E-state index in [4.69, 9.17) is 28.2 Å². The molecule has 0 aromatic heterocycles. The molecule has 5 rings (SSSR count). The van der Waals surface area contributed by atoms with Gasteiger partial charge < -0.3 is 5.21 Å². The van der Waals surface area contributed by atoms with Gasteiger partial charge in [-0.2, -0.15) is 0 Å². The highest BCUT2D eigenvalue weighted by Crippen LogP contribution is 2.57. The molecule has 0 radical (unpaired) electrons. The Kier molecular flexibility index (Phi) is 5.58. The number of hydrogen-bond acceptors (Lipinski definition) is 5. The number of fused-ring (bicyclic) bond motifs is 1. The Labute approximate surface area is 200 Å². The van der Waals surface area contributed by atoms with E-state index in [2.05, 4.69) is 5.16 Å². The third-order valence-corrected chi connectivity index (χ3v) is 7.82. The molecule has 2 atom stereocenters. The Morgan fingerprint density at radius 3 is 2.28 bits per heavy atom. The highest BCUT2D eigenvalue weighted by Gasteiger charge is 2.59. The van der Waals surface area contributed by atoms with Gasteiger partial charge in [0, 0.05) is 15.6 Å². The van der Waals surface area contributed by atoms with E-state index in [0.717, 1.165) is 17.5 Å². The number of benzene rings is 3. The summed E-state index contributed by atoms with van der Waals surface area (Å²) in [7, 11) is 0. The summed E-state index contributed by atoms with van der Waals surface area (Å²) in [6.45, 7) is 0. The Morgan fingerprint density at radius 1 is 0.938 bits per heavy atom. The van der Waals surface area contributed by atoms with Crippen molar-refractivity contribution in [2.75, 3.05) is 0 Å². The van der Waals surface area contributed by atoms with E-state index in [1.54, 1.807) is 24.3 Å². The van der Waals surface area contributed by atoms with E-state index in [1.807, 2.05) is 48.5 Å². The van der Waals surface area contributed by atoms with Crippen LogP contribution in [0.2, 0.25) is 10.0 Å². The molecular formula is C25H18Cl2N2O2S. The number of oxime groups is 1. The molecule has 0 saturated carbocycles. The number of carbonyl (C=O) groups is 1. The van der Waals surface area contributed by atoms with Crippen LogP contribution in [0, 0.1) is 5.41 Å². The molecule has 1 N–H and O–H groups in total. The molecule has 0 bridgehead atoms. The number of Topliss-reactive ketones (excluding diaryl/α,β-unsaturated/α-hetero) is 1. The molecule has 2 aliphatic rings. The molecule has 32 heavy (non-hydrogen) atoms. The van der Waals surface area contributed by atoms with Crippen LogP contribution in [0.3, 0.4) is 0 Å². The minimum Gasteiger partial charge on any atom is -0.410 e. The second-order valence-electron chi connectivity index (χ2n) is 7.88. The van der Waals surface area contributed by atoms with Crippen LogP contribution in [-0.2, 0) is 6.42 Å². The molecule has 1 aliphatic carbocycles. The van der Waals surface area contributed by atoms with Gasteiger partial charge in [-0.3, -0.25) is 4.79 Å². The number of halogens is 2. The van der Waals surface area contributed by atoms with E-state index >= 15 is 0 Å². The van der Waals surface area contributed by atoms with Gasteiger partial charge in [-0.1, -0.05) is 76.5 Å². The number of aryl methyl sites for hydroxylation is 1. The zero-order valence-electron chi connectivity index (χ0n) is 16.8. The van der Waals surface area contributed by atoms with Crippen molar-refractivity contribution in [3.63, 3.8) is 0 Å². The molecule has 1 fully saturated rings. The first-order chi connectivity index (χ1) is 15.5. The summed E-state index contributed by atoms with van der Waals surface area (Å²) in [4.78, 5) is 19.0. The molecule has 1 saturated heterocycles. The SMILES string of the molecule is O=C1c2ccccc2CC[C@@]12C(=Nc1ccc(Cl)cc1)S/C(=N\O)[C@H]2c1ccc(Cl)cc1. The lowest BCUT2D eigenvalue weighted by Gasteiger charge is -2.37. The van der Waals surface area contributed by atoms with E-state index < -0.39 is 11.3 Å². The van der Waals surface area contributed by atoms with E-state index in [-0.39, 0.29) is 5.78 Å². The van der Waals surface area contributed by atoms with E-state index in [0.29, 0.717) is 37.8 Å². The summed E-state index contributed by atoms with van der Waals surface area (Å²) < 4.78 is 0. The van der Waals surface area contributed by atoms with Gasteiger partial charge in [0.1, 0.15) is 5.04 Å². The number of rotatable bonds is 2. The van der Waals surface area contributed by atoms with E-state index in [1.165, 1.54) is 11.8 Å². The lowest BCUT2D eigenvalue weighted by molar-refractivity contribution is 0.0843. The predicted octanol–water partition coefficient (Wildman–Crippen LogP) is 7.16. The third kappa shape index (κ3) is 3.45. The molecular weight excluding hydrogens is 463 g/mol. The van der Waals surface area contributed by atoms with Crippen molar-refractivity contribution in [3.05, 3.63) is 99.5 Å². The number of hydrogen-bond donors (Lipinski definition) is 1. The van der Waals surface area contributed by atoms with Crippen molar-refractivity contribution in [1.82, 2.24) is 0 Å². The summed E-state index contributed by atoms with van der Waals surface area (Å²) >= 11 is 13.4. The fourth-order valence-electron chi connectivity index (χ4n) is 4.62. The zero-order chi connectivity index (χ0) is 22.3. The lowest BCUT2D eigenvalue weighted by atomic mass is 9.62. The molecule has 1 heterocycles. The number of aliphatic imine (C=N–C) groups is 1. The largest absolute Gasteiger partial charge is 0.410 e. The Morgan fingerprint density at radius 2 is 1.59 bits per heavy atom. The van der Waals surface area contributed by atoms with Crippen molar-refractivity contribution in [1.29, 1.82) is 0 Å². The number of nitrogens with zero attached hydrogens (tertiary/aromatic N) is 2. The molecule has 0 amide bonds. The third-order valence-electron chi connectivity index (χ3n) is 6.14. The first-order valence-electron chi connectivity index (χ1n) is 10.2. The normalized spacial score (nSPS) is 24.9. The lowest BCUT2D eigenvalue weighted by Crippen LogP contribution is -2.44. The van der Waals surface area contributed by atoms with Crippen LogP contribution in [0.1, 0.15) is 33.8 Å². The number of ketones is 1. The summed E-state index contributed by atoms with van der Waals surface area (Å²) in [6, 6.07) is 22.2. The summed E-state index contributed by atoms with van der Waals surface area (Å²) in [5.41, 5.74) is 2.32. The zero-order valence-corrected chi connectivity index (χ0v) is 19.2. The average molecular weight is 481 g/mol. The van der Waals surface area contributed by atoms with Crippen molar-refractivity contribution in [3.8, 4) is 0 Å². The van der Waals surface area contributed by atoms with Crippen LogP contribution in [-0.4, -0.2) is 21.1 Å². The van der Waals surface area contributed by atoms with Crippen LogP contribution < -0.4 is 0 Å². The topological polar surface area (TPSA) is 62.0 Å². The number of carbonyl (C=O) groups excluding carboxylic acids is 1. The van der Waals surface area contributed by atoms with Gasteiger partial charge in [-0.25, -0.2) is 4.99 Å². The molecule has 1 spiro atoms. The Balaban J connectivity index is 1.73. The monoisotopic (exact) mass is 480 g/mol. The molecule has 0 unspecified atom stereocenters. The molecule has 160 valence electrons. The maximum Gasteiger partial charge on any atom is 0.176 e. The van der Waals surface area contributed by atoms with Gasteiger partial charge in [-0.15, -0.1) is 0 Å². The van der Waals surface area contributed by atoms with Gasteiger partial charge >= 0.3 is 0 Å². The Bertz CT molecular complexity index is 1260. The van der Waals surface area contributed by atoms with Crippen LogP contribution in [0.15, 0.2) is 82.9 Å². The van der Waals surface area contributed by atoms with Crippen molar-refractivity contribution in [2.45, 2.75) is 18.8 Å². The minimum atomic E-state index is -0.964. The predicted molar refractivity (Wildman–Crippen MR) is 131 cm³/mol. The minimum absolute atomic E-state index is 0.00170. The van der Waals surface area contributed by atoms with Crippen LogP contribution in [0.25, 0.3) is 0 Å². The Hall–Kier alpha value is -2.60. The average Bonchev–Trinajstić information content (AvgIpc) is 3.12. The van der Waals surface area contributed by atoms with Crippen LogP contribution in [0.4, 0.5) is 5.69 Å². The highest BCUT2D eigenvalue weighted by atomic mass is 35.5. The van der Waals surface area contributed by atoms with Gasteiger partial charge in [0.2, 0.25) is 0 Å². The quantitative estimate of drug-likeness (QED) is 0.312. The smallest absolute Gasteiger partial charge is 0.176 e. The first-order valence-corrected chi connectivity index (χ1v) is 11.7. The second kappa shape index (κ2) is 8.39. The van der Waals surface area contributed by atoms with Crippen LogP contribution >= 0.6 is 35.0 Å². The molecule has 3 aromatic carbocycles. The van der Waals surface area contributed by atoms with Crippen LogP contribution in [0.5, 0.6) is 0 Å². The summed E-state index contributed by atoms with van der Waals surface area (Å²) in [5, 5.41) is 15.8. The molecule has 3 aromatic rings. The number of thioether (sulfide) groups is 1. The summed E-state index contributed by atoms with van der Waals surface area (Å²) in [6.07, 6.45) is 1.29. The highest BCUT2D eigenvalue weighted by molar-refractivity contribution is 8.27. The van der Waals surface area contributed by atoms with E-state index in [9.17, 15) is 10.0 Å². The van der Waals surface area contributed by atoms with Crippen molar-refractivity contribution >= 4 is 56.5 Å². The maximum atomic E-state index is 14.1. The van der Waals surface area contributed by atoms with Gasteiger partial charge in [0.05, 0.1) is 22.1 Å². The fraction of sp³-hybridized carbons (Fsp3) is 0.160. The molecule has 1 aliphatic heterocycles. The standard InChI is InChI=1S/C25H18Cl2N2O2S/c26-17-7-5-16(6-8-17)21-23(29-31)32-24(28-19-11-9-18(27)10-12-19)25(21)14-13-15-3-1-2-4-20(15)22(25)30/h1-12,21,31H,13-14H2/b28-24?,29-23-/t21-,25+/m1/s1. The van der Waals surface area contributed by atoms with Gasteiger partial charge in [0.15, 0.2) is 5.78 Å². The molecule has 4 nitrogen and oxygen atoms in total.